The van der Waals surface area contributed by atoms with Crippen molar-refractivity contribution in [1.82, 2.24) is 20.3 Å². The third-order valence-corrected chi connectivity index (χ3v) is 7.48. The lowest BCUT2D eigenvalue weighted by Crippen LogP contribution is -2.51. The highest BCUT2D eigenvalue weighted by Gasteiger charge is 2.34. The Labute approximate surface area is 218 Å². The van der Waals surface area contributed by atoms with Crippen LogP contribution in [0.2, 0.25) is 5.02 Å². The minimum absolute atomic E-state index is 0.0190. The zero-order chi connectivity index (χ0) is 25.5. The van der Waals surface area contributed by atoms with Crippen molar-refractivity contribution >= 4 is 39.1 Å². The minimum atomic E-state index is -0.910. The molecule has 0 spiro atoms. The van der Waals surface area contributed by atoms with Gasteiger partial charge < -0.3 is 25.2 Å². The standard InChI is InChI=1S/C27H27ClFN5O3/c28-21-6-2-4-15-3-1-5-19(22(15)21)24-23(29)25-20(11-30-24)26(34-12-16-7-8-17(13-34)31-16)33-27(32-25)37-10-9-18(36)14-35/h1-6,11,16-18,31,35-36H,7-10,12-14H2. The molecule has 4 heterocycles. The predicted molar refractivity (Wildman–Crippen MR) is 141 cm³/mol. The number of ether oxygens (including phenoxy) is 1. The largest absolute Gasteiger partial charge is 0.463 e. The van der Waals surface area contributed by atoms with Gasteiger partial charge in [-0.1, -0.05) is 41.9 Å². The third-order valence-electron chi connectivity index (χ3n) is 7.16. The first kappa shape index (κ1) is 24.2. The van der Waals surface area contributed by atoms with Crippen LogP contribution in [0.5, 0.6) is 6.01 Å². The van der Waals surface area contributed by atoms with Crippen LogP contribution in [-0.4, -0.2) is 69.7 Å². The van der Waals surface area contributed by atoms with E-state index in [4.69, 9.17) is 21.4 Å². The van der Waals surface area contributed by atoms with Crippen molar-refractivity contribution in [2.75, 3.05) is 31.2 Å². The van der Waals surface area contributed by atoms with Crippen LogP contribution in [0.1, 0.15) is 19.3 Å². The van der Waals surface area contributed by atoms with Gasteiger partial charge in [0.25, 0.3) is 0 Å². The second-order valence-corrected chi connectivity index (χ2v) is 10.1. The van der Waals surface area contributed by atoms with Crippen molar-refractivity contribution in [3.63, 3.8) is 0 Å². The molecule has 0 radical (unpaired) electrons. The molecule has 37 heavy (non-hydrogen) atoms. The van der Waals surface area contributed by atoms with Crippen molar-refractivity contribution < 1.29 is 19.3 Å². The molecule has 2 bridgehead atoms. The van der Waals surface area contributed by atoms with Gasteiger partial charge in [0.05, 0.1) is 24.7 Å². The molecule has 192 valence electrons. The molecule has 3 N–H and O–H groups in total. The first-order chi connectivity index (χ1) is 18.0. The molecule has 10 heteroatoms. The van der Waals surface area contributed by atoms with Crippen LogP contribution in [0.15, 0.2) is 42.6 Å². The Morgan fingerprint density at radius 2 is 1.89 bits per heavy atom. The fourth-order valence-electron chi connectivity index (χ4n) is 5.36. The van der Waals surface area contributed by atoms with E-state index >= 15 is 4.39 Å². The van der Waals surface area contributed by atoms with Crippen LogP contribution in [0.3, 0.4) is 0 Å². The topological polar surface area (TPSA) is 104 Å². The number of aliphatic hydroxyl groups excluding tert-OH is 2. The monoisotopic (exact) mass is 523 g/mol. The SMILES string of the molecule is OCC(O)CCOc1nc(N2CC3CCC(C2)N3)c2cnc(-c3cccc4cccc(Cl)c34)c(F)c2n1. The van der Waals surface area contributed by atoms with Gasteiger partial charge in [0.1, 0.15) is 17.0 Å². The number of aromatic nitrogens is 3. The van der Waals surface area contributed by atoms with Crippen molar-refractivity contribution in [2.45, 2.75) is 37.5 Å². The number of piperazine rings is 1. The summed E-state index contributed by atoms with van der Waals surface area (Å²) in [6.45, 7) is 1.20. The molecule has 2 aromatic heterocycles. The molecule has 2 aliphatic heterocycles. The third kappa shape index (κ3) is 4.57. The lowest BCUT2D eigenvalue weighted by Gasteiger charge is -2.34. The first-order valence-corrected chi connectivity index (χ1v) is 12.9. The highest BCUT2D eigenvalue weighted by molar-refractivity contribution is 6.36. The van der Waals surface area contributed by atoms with Crippen molar-refractivity contribution in [3.8, 4) is 17.3 Å². The van der Waals surface area contributed by atoms with Gasteiger partial charge in [0.15, 0.2) is 5.82 Å². The summed E-state index contributed by atoms with van der Waals surface area (Å²) in [5.41, 5.74) is 0.844. The molecule has 0 aliphatic carbocycles. The summed E-state index contributed by atoms with van der Waals surface area (Å²) in [5, 5.41) is 25.0. The second-order valence-electron chi connectivity index (χ2n) is 9.67. The summed E-state index contributed by atoms with van der Waals surface area (Å²) in [7, 11) is 0. The van der Waals surface area contributed by atoms with Gasteiger partial charge in [0, 0.05) is 53.8 Å². The van der Waals surface area contributed by atoms with E-state index in [0.717, 1.165) is 36.7 Å². The lowest BCUT2D eigenvalue weighted by atomic mass is 10.0. The quantitative estimate of drug-likeness (QED) is 0.337. The maximum Gasteiger partial charge on any atom is 0.319 e. The summed E-state index contributed by atoms with van der Waals surface area (Å²) in [6.07, 6.45) is 3.09. The molecular weight excluding hydrogens is 497 g/mol. The van der Waals surface area contributed by atoms with E-state index in [1.54, 1.807) is 18.3 Å². The number of pyridine rings is 1. The molecule has 0 saturated carbocycles. The van der Waals surface area contributed by atoms with Crippen LogP contribution in [-0.2, 0) is 0 Å². The zero-order valence-electron chi connectivity index (χ0n) is 20.1. The van der Waals surface area contributed by atoms with E-state index < -0.39 is 11.9 Å². The van der Waals surface area contributed by atoms with Crippen molar-refractivity contribution in [2.24, 2.45) is 0 Å². The lowest BCUT2D eigenvalue weighted by molar-refractivity contribution is 0.0741. The maximum atomic E-state index is 16.3. The molecule has 0 amide bonds. The Morgan fingerprint density at radius 3 is 2.65 bits per heavy atom. The highest BCUT2D eigenvalue weighted by atomic mass is 35.5. The molecule has 6 rings (SSSR count). The summed E-state index contributed by atoms with van der Waals surface area (Å²) in [4.78, 5) is 15.8. The Bertz CT molecular complexity index is 1450. The van der Waals surface area contributed by atoms with E-state index in [1.807, 2.05) is 24.3 Å². The normalized spacial score (nSPS) is 20.1. The number of rotatable bonds is 7. The number of benzene rings is 2. The molecule has 2 fully saturated rings. The number of nitrogens with zero attached hydrogens (tertiary/aromatic N) is 4. The van der Waals surface area contributed by atoms with E-state index in [9.17, 15) is 5.11 Å². The molecular formula is C27H27ClFN5O3. The van der Waals surface area contributed by atoms with Crippen molar-refractivity contribution in [1.29, 1.82) is 0 Å². The van der Waals surface area contributed by atoms with E-state index in [2.05, 4.69) is 25.2 Å². The van der Waals surface area contributed by atoms with Gasteiger partial charge in [-0.15, -0.1) is 0 Å². The zero-order valence-corrected chi connectivity index (χ0v) is 20.8. The number of aliphatic hydroxyl groups is 2. The molecule has 8 nitrogen and oxygen atoms in total. The Morgan fingerprint density at radius 1 is 1.14 bits per heavy atom. The summed E-state index contributed by atoms with van der Waals surface area (Å²) >= 11 is 6.52. The van der Waals surface area contributed by atoms with Crippen LogP contribution in [0, 0.1) is 5.82 Å². The number of nitrogens with one attached hydrogen (secondary N) is 1. The number of hydrogen-bond acceptors (Lipinski definition) is 8. The van der Waals surface area contributed by atoms with Gasteiger partial charge in [0.2, 0.25) is 0 Å². The van der Waals surface area contributed by atoms with Crippen LogP contribution < -0.4 is 15.0 Å². The molecule has 2 aliphatic rings. The van der Waals surface area contributed by atoms with Crippen LogP contribution >= 0.6 is 11.6 Å². The minimum Gasteiger partial charge on any atom is -0.463 e. The number of anilines is 1. The Kier molecular flexibility index (Phi) is 6.54. The fraction of sp³-hybridized carbons (Fsp3) is 0.370. The van der Waals surface area contributed by atoms with E-state index in [1.165, 1.54) is 0 Å². The van der Waals surface area contributed by atoms with E-state index in [-0.39, 0.29) is 36.9 Å². The number of hydrogen-bond donors (Lipinski definition) is 3. The summed E-state index contributed by atoms with van der Waals surface area (Å²) < 4.78 is 22.0. The predicted octanol–water partition coefficient (Wildman–Crippen LogP) is 3.70. The molecule has 3 unspecified atom stereocenters. The molecule has 2 aromatic carbocycles. The Hall–Kier alpha value is -3.11. The van der Waals surface area contributed by atoms with E-state index in [0.29, 0.717) is 33.9 Å². The summed E-state index contributed by atoms with van der Waals surface area (Å²) in [5.74, 6) is 0.00179. The fourth-order valence-corrected chi connectivity index (χ4v) is 5.64. The van der Waals surface area contributed by atoms with Crippen LogP contribution in [0.25, 0.3) is 32.9 Å². The number of fused-ring (bicyclic) bond motifs is 4. The van der Waals surface area contributed by atoms with Gasteiger partial charge >= 0.3 is 6.01 Å². The molecule has 2 saturated heterocycles. The van der Waals surface area contributed by atoms with Gasteiger partial charge in [-0.3, -0.25) is 4.98 Å². The van der Waals surface area contributed by atoms with Crippen LogP contribution in [0.4, 0.5) is 10.2 Å². The first-order valence-electron chi connectivity index (χ1n) is 12.5. The molecule has 4 aromatic rings. The average Bonchev–Trinajstić information content (AvgIpc) is 3.25. The van der Waals surface area contributed by atoms with Crippen molar-refractivity contribution in [3.05, 3.63) is 53.4 Å². The number of halogens is 2. The maximum absolute atomic E-state index is 16.3. The smallest absolute Gasteiger partial charge is 0.319 e. The highest BCUT2D eigenvalue weighted by Crippen LogP contribution is 2.38. The van der Waals surface area contributed by atoms with Gasteiger partial charge in [-0.2, -0.15) is 9.97 Å². The second kappa shape index (κ2) is 9.98. The average molecular weight is 524 g/mol. The summed E-state index contributed by atoms with van der Waals surface area (Å²) in [6, 6.07) is 11.9. The Balaban J connectivity index is 1.48. The molecule has 3 atom stereocenters. The van der Waals surface area contributed by atoms with Gasteiger partial charge in [-0.05, 0) is 24.3 Å². The van der Waals surface area contributed by atoms with Gasteiger partial charge in [-0.25, -0.2) is 4.39 Å².